The van der Waals surface area contributed by atoms with Crippen molar-refractivity contribution in [1.82, 2.24) is 15.1 Å². The lowest BCUT2D eigenvalue weighted by atomic mass is 10.0. The molecule has 2 heterocycles. The molecule has 0 spiro atoms. The molecule has 0 radical (unpaired) electrons. The predicted octanol–water partition coefficient (Wildman–Crippen LogP) is 2.22. The average molecular weight is 295 g/mol. The molecule has 0 aromatic rings. The zero-order valence-electron chi connectivity index (χ0n) is 13.3. The summed E-state index contributed by atoms with van der Waals surface area (Å²) >= 11 is 0. The lowest BCUT2D eigenvalue weighted by molar-refractivity contribution is -0.130. The first kappa shape index (κ1) is 16.1. The van der Waals surface area contributed by atoms with Crippen molar-refractivity contribution in [2.45, 2.75) is 51.9 Å². The average Bonchev–Trinajstić information content (AvgIpc) is 2.68. The Morgan fingerprint density at radius 2 is 2.10 bits per heavy atom. The molecule has 3 amide bonds. The number of rotatable bonds is 4. The Kier molecular flexibility index (Phi) is 6.33. The van der Waals surface area contributed by atoms with Gasteiger partial charge in [-0.1, -0.05) is 13.3 Å². The summed E-state index contributed by atoms with van der Waals surface area (Å²) in [5, 5.41) is 2.99. The number of amides is 3. The van der Waals surface area contributed by atoms with Crippen LogP contribution in [-0.4, -0.2) is 54.5 Å². The van der Waals surface area contributed by atoms with Gasteiger partial charge < -0.3 is 15.1 Å². The second-order valence-corrected chi connectivity index (χ2v) is 6.47. The highest BCUT2D eigenvalue weighted by Crippen LogP contribution is 2.15. The Labute approximate surface area is 128 Å². The summed E-state index contributed by atoms with van der Waals surface area (Å²) in [6.07, 6.45) is 7.17. The molecule has 0 bridgehead atoms. The van der Waals surface area contributed by atoms with Gasteiger partial charge in [-0.25, -0.2) is 4.79 Å². The number of nitrogens with zero attached hydrogens (tertiary/aromatic N) is 2. The molecule has 1 atom stereocenters. The molecule has 1 N–H and O–H groups in total. The van der Waals surface area contributed by atoms with Crippen molar-refractivity contribution < 1.29 is 9.59 Å². The van der Waals surface area contributed by atoms with Gasteiger partial charge in [0.25, 0.3) is 0 Å². The first-order valence-electron chi connectivity index (χ1n) is 8.47. The number of hydrogen-bond donors (Lipinski definition) is 1. The minimum absolute atomic E-state index is 0.0590. The standard InChI is InChI=1S/C16H29N3O2/c1-14-7-5-11-19(13-14)16(21)17-9-6-12-18-10-4-2-3-8-15(18)20/h14H,2-13H2,1H3,(H,17,21). The molecule has 120 valence electrons. The molecular weight excluding hydrogens is 266 g/mol. The van der Waals surface area contributed by atoms with E-state index >= 15 is 0 Å². The molecule has 2 fully saturated rings. The van der Waals surface area contributed by atoms with Gasteiger partial charge in [0, 0.05) is 39.1 Å². The van der Waals surface area contributed by atoms with E-state index in [-0.39, 0.29) is 11.9 Å². The van der Waals surface area contributed by atoms with E-state index in [1.54, 1.807) is 0 Å². The van der Waals surface area contributed by atoms with Crippen LogP contribution in [0.3, 0.4) is 0 Å². The Balaban J connectivity index is 1.62. The van der Waals surface area contributed by atoms with Gasteiger partial charge in [0.05, 0.1) is 0 Å². The lowest BCUT2D eigenvalue weighted by Crippen LogP contribution is -2.45. The Bertz CT molecular complexity index is 359. The molecule has 0 aromatic carbocycles. The van der Waals surface area contributed by atoms with Crippen LogP contribution < -0.4 is 5.32 Å². The number of nitrogens with one attached hydrogen (secondary N) is 1. The van der Waals surface area contributed by atoms with Crippen LogP contribution in [0.5, 0.6) is 0 Å². The van der Waals surface area contributed by atoms with Gasteiger partial charge in [-0.2, -0.15) is 0 Å². The third-order valence-corrected chi connectivity index (χ3v) is 4.50. The second-order valence-electron chi connectivity index (χ2n) is 6.47. The minimum Gasteiger partial charge on any atom is -0.343 e. The van der Waals surface area contributed by atoms with Crippen LogP contribution in [0.15, 0.2) is 0 Å². The fourth-order valence-electron chi connectivity index (χ4n) is 3.23. The van der Waals surface area contributed by atoms with E-state index in [2.05, 4.69) is 12.2 Å². The van der Waals surface area contributed by atoms with Crippen molar-refractivity contribution >= 4 is 11.9 Å². The summed E-state index contributed by atoms with van der Waals surface area (Å²) in [5.41, 5.74) is 0. The number of likely N-dealkylation sites (tertiary alicyclic amines) is 2. The third-order valence-electron chi connectivity index (χ3n) is 4.50. The molecule has 0 saturated carbocycles. The summed E-state index contributed by atoms with van der Waals surface area (Å²) in [4.78, 5) is 27.8. The van der Waals surface area contributed by atoms with Crippen molar-refractivity contribution in [3.63, 3.8) is 0 Å². The van der Waals surface area contributed by atoms with E-state index in [9.17, 15) is 9.59 Å². The van der Waals surface area contributed by atoms with Crippen LogP contribution in [0.2, 0.25) is 0 Å². The molecule has 2 aliphatic heterocycles. The molecule has 5 heteroatoms. The maximum absolute atomic E-state index is 12.0. The zero-order valence-corrected chi connectivity index (χ0v) is 13.3. The van der Waals surface area contributed by atoms with Crippen molar-refractivity contribution in [3.05, 3.63) is 0 Å². The van der Waals surface area contributed by atoms with Crippen molar-refractivity contribution in [3.8, 4) is 0 Å². The zero-order chi connectivity index (χ0) is 15.1. The van der Waals surface area contributed by atoms with Gasteiger partial charge in [0.1, 0.15) is 0 Å². The second kappa shape index (κ2) is 8.25. The number of hydrogen-bond acceptors (Lipinski definition) is 2. The molecule has 2 rings (SSSR count). The summed E-state index contributed by atoms with van der Waals surface area (Å²) < 4.78 is 0. The number of urea groups is 1. The van der Waals surface area contributed by atoms with Crippen LogP contribution in [0.4, 0.5) is 4.79 Å². The first-order chi connectivity index (χ1) is 10.2. The van der Waals surface area contributed by atoms with Gasteiger partial charge in [-0.15, -0.1) is 0 Å². The molecule has 5 nitrogen and oxygen atoms in total. The van der Waals surface area contributed by atoms with E-state index in [1.807, 2.05) is 9.80 Å². The van der Waals surface area contributed by atoms with Gasteiger partial charge >= 0.3 is 6.03 Å². The Morgan fingerprint density at radius 1 is 1.24 bits per heavy atom. The summed E-state index contributed by atoms with van der Waals surface area (Å²) in [5.74, 6) is 0.892. The maximum atomic E-state index is 12.0. The van der Waals surface area contributed by atoms with E-state index < -0.39 is 0 Å². The largest absolute Gasteiger partial charge is 0.343 e. The molecule has 1 unspecified atom stereocenters. The normalized spacial score (nSPS) is 23.9. The SMILES string of the molecule is CC1CCCN(C(=O)NCCCN2CCCCCC2=O)C1. The summed E-state index contributed by atoms with van der Waals surface area (Å²) in [6, 6.07) is 0.0590. The van der Waals surface area contributed by atoms with Crippen LogP contribution in [0.25, 0.3) is 0 Å². The highest BCUT2D eigenvalue weighted by Gasteiger charge is 2.20. The number of piperidine rings is 1. The molecule has 2 saturated heterocycles. The van der Waals surface area contributed by atoms with E-state index in [4.69, 9.17) is 0 Å². The quantitative estimate of drug-likeness (QED) is 0.809. The fourth-order valence-corrected chi connectivity index (χ4v) is 3.23. The monoisotopic (exact) mass is 295 g/mol. The predicted molar refractivity (Wildman–Crippen MR) is 83.0 cm³/mol. The van der Waals surface area contributed by atoms with E-state index in [0.717, 1.165) is 58.3 Å². The topological polar surface area (TPSA) is 52.7 Å². The lowest BCUT2D eigenvalue weighted by Gasteiger charge is -2.31. The van der Waals surface area contributed by atoms with Crippen LogP contribution in [0.1, 0.15) is 51.9 Å². The highest BCUT2D eigenvalue weighted by molar-refractivity contribution is 5.76. The summed E-state index contributed by atoms with van der Waals surface area (Å²) in [6.45, 7) is 6.26. The Hall–Kier alpha value is -1.26. The van der Waals surface area contributed by atoms with E-state index in [1.165, 1.54) is 6.42 Å². The highest BCUT2D eigenvalue weighted by atomic mass is 16.2. The third kappa shape index (κ3) is 5.21. The molecule has 2 aliphatic rings. The van der Waals surface area contributed by atoms with E-state index in [0.29, 0.717) is 18.9 Å². The van der Waals surface area contributed by atoms with Crippen LogP contribution in [0, 0.1) is 5.92 Å². The van der Waals surface area contributed by atoms with Crippen LogP contribution in [-0.2, 0) is 4.79 Å². The first-order valence-corrected chi connectivity index (χ1v) is 8.47. The van der Waals surface area contributed by atoms with Crippen molar-refractivity contribution in [2.75, 3.05) is 32.7 Å². The molecule has 0 aliphatic carbocycles. The van der Waals surface area contributed by atoms with Gasteiger partial charge in [0.15, 0.2) is 0 Å². The molecular formula is C16H29N3O2. The van der Waals surface area contributed by atoms with Crippen molar-refractivity contribution in [2.24, 2.45) is 5.92 Å². The number of carbonyl (C=O) groups excluding carboxylic acids is 2. The Morgan fingerprint density at radius 3 is 2.90 bits per heavy atom. The van der Waals surface area contributed by atoms with Crippen LogP contribution >= 0.6 is 0 Å². The molecule has 21 heavy (non-hydrogen) atoms. The summed E-state index contributed by atoms with van der Waals surface area (Å²) in [7, 11) is 0. The smallest absolute Gasteiger partial charge is 0.317 e. The van der Waals surface area contributed by atoms with Gasteiger partial charge in [-0.3, -0.25) is 4.79 Å². The van der Waals surface area contributed by atoms with Gasteiger partial charge in [-0.05, 0) is 38.0 Å². The minimum atomic E-state index is 0.0590. The van der Waals surface area contributed by atoms with Gasteiger partial charge in [0.2, 0.25) is 5.91 Å². The number of carbonyl (C=O) groups is 2. The fraction of sp³-hybridized carbons (Fsp3) is 0.875. The molecule has 0 aromatic heterocycles. The van der Waals surface area contributed by atoms with Crippen molar-refractivity contribution in [1.29, 1.82) is 0 Å². The maximum Gasteiger partial charge on any atom is 0.317 e.